The van der Waals surface area contributed by atoms with Crippen molar-refractivity contribution in [3.63, 3.8) is 0 Å². The van der Waals surface area contributed by atoms with E-state index in [1.54, 1.807) is 12.4 Å². The maximum atomic E-state index is 12.0. The highest BCUT2D eigenvalue weighted by Gasteiger charge is 2.39. The third-order valence-corrected chi connectivity index (χ3v) is 9.04. The van der Waals surface area contributed by atoms with E-state index in [0.29, 0.717) is 6.54 Å². The molecule has 2 N–H and O–H groups in total. The summed E-state index contributed by atoms with van der Waals surface area (Å²) in [4.78, 5) is 25.6. The molecule has 2 saturated heterocycles. The third kappa shape index (κ3) is 8.08. The lowest BCUT2D eigenvalue weighted by Crippen LogP contribution is -2.51. The van der Waals surface area contributed by atoms with Gasteiger partial charge in [0.05, 0.1) is 18.8 Å². The monoisotopic (exact) mass is 649 g/mol. The zero-order valence-electron chi connectivity index (χ0n) is 27.3. The molecule has 48 heavy (non-hydrogen) atoms. The number of nitrogens with zero attached hydrogens (tertiary/aromatic N) is 4. The second-order valence-electron chi connectivity index (χ2n) is 12.2. The molecule has 3 heterocycles. The lowest BCUT2D eigenvalue weighted by Gasteiger charge is -2.44. The van der Waals surface area contributed by atoms with Crippen LogP contribution in [0.15, 0.2) is 104 Å². The SMILES string of the molecule is C=CCOC(=O)NCc1ccccc1-c1ccc(C2OC(CN3CCN(c4ncccn4)CC3)C(C)C(c3ccc(CO)cc3)O2)cc1. The first-order valence-corrected chi connectivity index (χ1v) is 16.5. The van der Waals surface area contributed by atoms with E-state index >= 15 is 0 Å². The third-order valence-electron chi connectivity index (χ3n) is 9.04. The maximum absolute atomic E-state index is 12.0. The summed E-state index contributed by atoms with van der Waals surface area (Å²) in [5.74, 6) is 0.862. The van der Waals surface area contributed by atoms with Gasteiger partial charge in [-0.05, 0) is 33.9 Å². The van der Waals surface area contributed by atoms with Gasteiger partial charge in [0, 0.05) is 63.1 Å². The normalized spacial score (nSPS) is 21.4. The van der Waals surface area contributed by atoms with E-state index in [4.69, 9.17) is 14.2 Å². The molecule has 0 radical (unpaired) electrons. The van der Waals surface area contributed by atoms with Gasteiger partial charge in [-0.25, -0.2) is 14.8 Å². The molecule has 10 nitrogen and oxygen atoms in total. The topological polar surface area (TPSA) is 109 Å². The van der Waals surface area contributed by atoms with Crippen LogP contribution in [0.2, 0.25) is 0 Å². The van der Waals surface area contributed by atoms with Gasteiger partial charge in [0.1, 0.15) is 6.61 Å². The molecule has 6 rings (SSSR count). The van der Waals surface area contributed by atoms with Crippen LogP contribution >= 0.6 is 0 Å². The lowest BCUT2D eigenvalue weighted by molar-refractivity contribution is -0.276. The van der Waals surface area contributed by atoms with Crippen LogP contribution in [-0.2, 0) is 27.4 Å². The number of alkyl carbamates (subject to hydrolysis) is 1. The maximum Gasteiger partial charge on any atom is 0.407 e. The van der Waals surface area contributed by atoms with E-state index in [1.165, 1.54) is 6.08 Å². The van der Waals surface area contributed by atoms with Crippen LogP contribution in [0.1, 0.15) is 41.6 Å². The Bertz CT molecular complexity index is 1630. The van der Waals surface area contributed by atoms with Crippen molar-refractivity contribution in [1.29, 1.82) is 0 Å². The first-order chi connectivity index (χ1) is 23.5. The van der Waals surface area contributed by atoms with E-state index in [0.717, 1.165) is 72.1 Å². The van der Waals surface area contributed by atoms with Gasteiger partial charge >= 0.3 is 6.09 Å². The summed E-state index contributed by atoms with van der Waals surface area (Å²) in [6.07, 6.45) is 3.81. The fourth-order valence-electron chi connectivity index (χ4n) is 6.30. The lowest BCUT2D eigenvalue weighted by atomic mass is 9.89. The number of aliphatic hydroxyl groups is 1. The van der Waals surface area contributed by atoms with E-state index in [-0.39, 0.29) is 31.3 Å². The van der Waals surface area contributed by atoms with Crippen LogP contribution in [0.5, 0.6) is 0 Å². The Hall–Kier alpha value is -4.61. The van der Waals surface area contributed by atoms with Gasteiger partial charge < -0.3 is 29.5 Å². The molecule has 0 bridgehead atoms. The van der Waals surface area contributed by atoms with Crippen molar-refractivity contribution in [2.45, 2.75) is 38.6 Å². The van der Waals surface area contributed by atoms with Crippen LogP contribution in [0, 0.1) is 5.92 Å². The number of hydrogen-bond donors (Lipinski definition) is 2. The highest BCUT2D eigenvalue weighted by atomic mass is 16.7. The van der Waals surface area contributed by atoms with Crippen molar-refractivity contribution >= 4 is 12.0 Å². The number of aliphatic hydroxyl groups excluding tert-OH is 1. The average Bonchev–Trinajstić information content (AvgIpc) is 3.15. The number of anilines is 1. The highest BCUT2D eigenvalue weighted by molar-refractivity contribution is 5.70. The number of piperazine rings is 1. The minimum absolute atomic E-state index is 0.000649. The number of amides is 1. The predicted octanol–water partition coefficient (Wildman–Crippen LogP) is 5.66. The standard InChI is InChI=1S/C38H43N5O5/c1-3-23-46-38(45)41-24-32-7-4-5-8-33(32)29-13-15-31(16-14-29)36-47-34(27(2)35(48-36)30-11-9-28(26-44)10-12-30)25-42-19-21-43(22-20-42)37-39-17-6-18-40-37/h3-18,27,34-36,44H,1,19-26H2,2H3,(H,41,45). The van der Waals surface area contributed by atoms with Gasteiger partial charge in [-0.3, -0.25) is 4.90 Å². The molecule has 4 atom stereocenters. The van der Waals surface area contributed by atoms with Gasteiger partial charge in [-0.2, -0.15) is 0 Å². The van der Waals surface area contributed by atoms with Gasteiger partial charge in [0.15, 0.2) is 6.29 Å². The molecule has 1 aromatic heterocycles. The van der Waals surface area contributed by atoms with Crippen molar-refractivity contribution in [3.05, 3.63) is 126 Å². The van der Waals surface area contributed by atoms with Gasteiger partial charge in [-0.15, -0.1) is 0 Å². The fraction of sp³-hybridized carbons (Fsp3) is 0.342. The molecule has 2 fully saturated rings. The van der Waals surface area contributed by atoms with Gasteiger partial charge in [0.25, 0.3) is 0 Å². The summed E-state index contributed by atoms with van der Waals surface area (Å²) in [7, 11) is 0. The Kier molecular flexibility index (Phi) is 11.1. The van der Waals surface area contributed by atoms with E-state index in [9.17, 15) is 9.90 Å². The van der Waals surface area contributed by atoms with E-state index in [2.05, 4.69) is 62.9 Å². The number of benzene rings is 3. The first kappa shape index (κ1) is 33.3. The molecular formula is C38H43N5O5. The predicted molar refractivity (Wildman–Crippen MR) is 184 cm³/mol. The summed E-state index contributed by atoms with van der Waals surface area (Å²) in [5.41, 5.74) is 5.88. The number of aromatic nitrogens is 2. The quantitative estimate of drug-likeness (QED) is 0.199. The Morgan fingerprint density at radius 1 is 0.958 bits per heavy atom. The second kappa shape index (κ2) is 16.0. The molecule has 4 unspecified atom stereocenters. The van der Waals surface area contributed by atoms with E-state index in [1.807, 2.05) is 54.6 Å². The molecule has 10 heteroatoms. The molecule has 0 aliphatic carbocycles. The minimum Gasteiger partial charge on any atom is -0.445 e. The Labute approximate surface area is 282 Å². The molecule has 4 aromatic rings. The number of nitrogens with one attached hydrogen (secondary N) is 1. The summed E-state index contributed by atoms with van der Waals surface area (Å²) in [6, 6.07) is 26.1. The summed E-state index contributed by atoms with van der Waals surface area (Å²) >= 11 is 0. The molecule has 1 amide bonds. The van der Waals surface area contributed by atoms with Crippen LogP contribution in [0.25, 0.3) is 11.1 Å². The van der Waals surface area contributed by atoms with Gasteiger partial charge in [-0.1, -0.05) is 92.4 Å². The van der Waals surface area contributed by atoms with Crippen LogP contribution in [0.4, 0.5) is 10.7 Å². The van der Waals surface area contributed by atoms with Crippen molar-refractivity contribution in [1.82, 2.24) is 20.2 Å². The Morgan fingerprint density at radius 3 is 2.38 bits per heavy atom. The second-order valence-corrected chi connectivity index (χ2v) is 12.2. The largest absolute Gasteiger partial charge is 0.445 e. The molecule has 3 aromatic carbocycles. The summed E-state index contributed by atoms with van der Waals surface area (Å²) < 4.78 is 18.5. The molecule has 0 spiro atoms. The van der Waals surface area contributed by atoms with Crippen molar-refractivity contribution in [2.24, 2.45) is 5.92 Å². The number of carbonyl (C=O) groups excluding carboxylic acids is 1. The molecule has 0 saturated carbocycles. The number of rotatable bonds is 11. The zero-order valence-corrected chi connectivity index (χ0v) is 27.3. The fourth-order valence-corrected chi connectivity index (χ4v) is 6.30. The van der Waals surface area contributed by atoms with Crippen molar-refractivity contribution in [2.75, 3.05) is 44.2 Å². The molecule has 250 valence electrons. The Balaban J connectivity index is 1.18. The van der Waals surface area contributed by atoms with Crippen LogP contribution in [-0.4, -0.2) is 71.5 Å². The average molecular weight is 650 g/mol. The first-order valence-electron chi connectivity index (χ1n) is 16.5. The molecule has 2 aliphatic heterocycles. The molecular weight excluding hydrogens is 606 g/mol. The number of hydrogen-bond acceptors (Lipinski definition) is 9. The Morgan fingerprint density at radius 2 is 1.67 bits per heavy atom. The van der Waals surface area contributed by atoms with E-state index < -0.39 is 12.4 Å². The highest BCUT2D eigenvalue weighted by Crippen LogP contribution is 2.42. The van der Waals surface area contributed by atoms with Crippen LogP contribution in [0.3, 0.4) is 0 Å². The zero-order chi connectivity index (χ0) is 33.3. The molecule has 2 aliphatic rings. The van der Waals surface area contributed by atoms with Crippen LogP contribution < -0.4 is 10.2 Å². The van der Waals surface area contributed by atoms with Crippen molar-refractivity contribution in [3.8, 4) is 11.1 Å². The minimum atomic E-state index is -0.557. The summed E-state index contributed by atoms with van der Waals surface area (Å²) in [5, 5.41) is 12.4. The number of carbonyl (C=O) groups is 1. The van der Waals surface area contributed by atoms with Gasteiger partial charge in [0.2, 0.25) is 5.95 Å². The number of ether oxygens (including phenoxy) is 3. The van der Waals surface area contributed by atoms with Crippen molar-refractivity contribution < 1.29 is 24.1 Å². The smallest absolute Gasteiger partial charge is 0.407 e. The summed E-state index contributed by atoms with van der Waals surface area (Å²) in [6.45, 7) is 10.5.